The van der Waals surface area contributed by atoms with Crippen molar-refractivity contribution in [2.45, 2.75) is 62.9 Å². The van der Waals surface area contributed by atoms with Crippen LogP contribution in [0.2, 0.25) is 0 Å². The fraction of sp³-hybridized carbons (Fsp3) is 0.481. The van der Waals surface area contributed by atoms with Gasteiger partial charge in [-0.1, -0.05) is 19.1 Å². The van der Waals surface area contributed by atoms with Crippen LogP contribution in [0, 0.1) is 5.92 Å². The van der Waals surface area contributed by atoms with Gasteiger partial charge in [0.1, 0.15) is 5.82 Å². The van der Waals surface area contributed by atoms with Crippen LogP contribution in [0.5, 0.6) is 0 Å². The van der Waals surface area contributed by atoms with Gasteiger partial charge in [-0.05, 0) is 61.6 Å². The molecule has 0 unspecified atom stereocenters. The molecule has 39 heavy (non-hydrogen) atoms. The van der Waals surface area contributed by atoms with Gasteiger partial charge in [0.15, 0.2) is 15.9 Å². The van der Waals surface area contributed by atoms with Gasteiger partial charge in [0.05, 0.1) is 40.9 Å². The van der Waals surface area contributed by atoms with Crippen LogP contribution in [-0.2, 0) is 27.5 Å². The molecule has 12 heteroatoms. The number of sulfone groups is 1. The predicted octanol–water partition coefficient (Wildman–Crippen LogP) is 4.21. The summed E-state index contributed by atoms with van der Waals surface area (Å²) in [4.78, 5) is 17.9. The number of carbonyl (C=O) groups is 1. The van der Waals surface area contributed by atoms with Crippen molar-refractivity contribution < 1.29 is 36.2 Å². The van der Waals surface area contributed by atoms with Gasteiger partial charge in [-0.25, -0.2) is 13.4 Å². The summed E-state index contributed by atoms with van der Waals surface area (Å²) in [6.07, 6.45) is -5.30. The molecule has 0 saturated carbocycles. The van der Waals surface area contributed by atoms with Crippen LogP contribution in [0.3, 0.4) is 0 Å². The summed E-state index contributed by atoms with van der Waals surface area (Å²) in [6.45, 7) is 3.73. The Morgan fingerprint density at radius 1 is 1.18 bits per heavy atom. The molecule has 2 heterocycles. The summed E-state index contributed by atoms with van der Waals surface area (Å²) >= 11 is 0. The highest BCUT2D eigenvalue weighted by Gasteiger charge is 2.43. The van der Waals surface area contributed by atoms with Gasteiger partial charge in [0.2, 0.25) is 0 Å². The molecule has 3 atom stereocenters. The lowest BCUT2D eigenvalue weighted by atomic mass is 9.95. The van der Waals surface area contributed by atoms with E-state index in [1.807, 2.05) is 11.5 Å². The second-order valence-electron chi connectivity index (χ2n) is 9.67. The molecule has 0 aliphatic carbocycles. The van der Waals surface area contributed by atoms with E-state index < -0.39 is 34.1 Å². The van der Waals surface area contributed by atoms with Gasteiger partial charge >= 0.3 is 6.18 Å². The molecule has 1 aliphatic heterocycles. The number of amides is 1. The number of alkyl halides is 3. The molecule has 3 aromatic rings. The predicted molar refractivity (Wildman–Crippen MR) is 139 cm³/mol. The van der Waals surface area contributed by atoms with Crippen molar-refractivity contribution in [3.8, 4) is 0 Å². The van der Waals surface area contributed by atoms with Crippen molar-refractivity contribution in [1.82, 2.24) is 14.9 Å². The van der Waals surface area contributed by atoms with Gasteiger partial charge in [0, 0.05) is 18.5 Å². The lowest BCUT2D eigenvalue weighted by Gasteiger charge is -2.30. The molecule has 1 aliphatic rings. The van der Waals surface area contributed by atoms with Crippen molar-refractivity contribution in [3.05, 3.63) is 59.4 Å². The van der Waals surface area contributed by atoms with E-state index in [1.165, 1.54) is 12.1 Å². The van der Waals surface area contributed by atoms with E-state index in [-0.39, 0.29) is 36.2 Å². The van der Waals surface area contributed by atoms with Gasteiger partial charge in [-0.3, -0.25) is 4.79 Å². The Labute approximate surface area is 225 Å². The quantitative estimate of drug-likeness (QED) is 0.401. The van der Waals surface area contributed by atoms with Crippen molar-refractivity contribution >= 4 is 26.8 Å². The smallest absolute Gasteiger partial charge is 0.394 e. The zero-order valence-electron chi connectivity index (χ0n) is 21.7. The molecule has 1 saturated heterocycles. The van der Waals surface area contributed by atoms with Crippen molar-refractivity contribution in [1.29, 1.82) is 0 Å². The number of halogens is 3. The average molecular weight is 568 g/mol. The number of rotatable bonds is 9. The maximum absolute atomic E-state index is 13.0. The van der Waals surface area contributed by atoms with E-state index in [2.05, 4.69) is 10.3 Å². The number of carbonyl (C=O) groups excluding carboxylic acids is 1. The number of benzene rings is 2. The molecule has 0 radical (unpaired) electrons. The molecule has 0 spiro atoms. The SMILES string of the molecule is CCn1c(C[C@@H]2CC[C@H](C(F)(F)F)OC2)nc2cc(C(=O)N[C@@H](CO)c3ccc(S(=O)(=O)CC)cc3)ccc21. The summed E-state index contributed by atoms with van der Waals surface area (Å²) in [6, 6.07) is 10.4. The number of aromatic nitrogens is 2. The number of aryl methyl sites for hydroxylation is 1. The summed E-state index contributed by atoms with van der Waals surface area (Å²) in [5.41, 5.74) is 2.27. The first-order chi connectivity index (χ1) is 18.5. The van der Waals surface area contributed by atoms with Crippen LogP contribution in [0.15, 0.2) is 47.4 Å². The third-order valence-corrected chi connectivity index (χ3v) is 8.87. The molecule has 0 bridgehead atoms. The van der Waals surface area contributed by atoms with Crippen molar-refractivity contribution in [2.75, 3.05) is 19.0 Å². The second kappa shape index (κ2) is 11.6. The highest BCUT2D eigenvalue weighted by atomic mass is 32.2. The molecule has 4 rings (SSSR count). The fourth-order valence-corrected chi connectivity index (χ4v) is 5.75. The molecule has 1 fully saturated rings. The molecular weight excluding hydrogens is 535 g/mol. The number of imidazole rings is 1. The highest BCUT2D eigenvalue weighted by molar-refractivity contribution is 7.91. The van der Waals surface area contributed by atoms with E-state index in [4.69, 9.17) is 4.74 Å². The fourth-order valence-electron chi connectivity index (χ4n) is 4.86. The molecule has 2 aromatic carbocycles. The van der Waals surface area contributed by atoms with Crippen molar-refractivity contribution in [2.24, 2.45) is 5.92 Å². The maximum Gasteiger partial charge on any atom is 0.414 e. The molecular formula is C27H32F3N3O5S. The van der Waals surface area contributed by atoms with Crippen molar-refractivity contribution in [3.63, 3.8) is 0 Å². The van der Waals surface area contributed by atoms with Crippen LogP contribution in [0.1, 0.15) is 54.5 Å². The first kappa shape index (κ1) is 29.0. The summed E-state index contributed by atoms with van der Waals surface area (Å²) in [5.74, 6) is 0.168. The van der Waals surface area contributed by atoms with E-state index >= 15 is 0 Å². The van der Waals surface area contributed by atoms with Crippen LogP contribution in [0.4, 0.5) is 13.2 Å². The molecule has 212 valence electrons. The molecule has 1 amide bonds. The van der Waals surface area contributed by atoms with Gasteiger partial charge in [-0.2, -0.15) is 13.2 Å². The Morgan fingerprint density at radius 2 is 1.90 bits per heavy atom. The van der Waals surface area contributed by atoms with Crippen LogP contribution in [0.25, 0.3) is 11.0 Å². The minimum atomic E-state index is -4.35. The topological polar surface area (TPSA) is 111 Å². The van der Waals surface area contributed by atoms with Gasteiger partial charge in [0.25, 0.3) is 5.91 Å². The Hall–Kier alpha value is -2.96. The molecule has 8 nitrogen and oxygen atoms in total. The number of nitrogens with one attached hydrogen (secondary N) is 1. The standard InChI is InChI=1S/C27H32F3N3O5S/c1-3-33-23-11-8-19(14-21(23)31-25(33)13-17-5-12-24(38-16-17)27(28,29)30)26(35)32-22(15-34)18-6-9-20(10-7-18)39(36,37)4-2/h6-11,14,17,22,24,34H,3-5,12-13,15-16H2,1-2H3,(H,32,35)/t17-,22-,24+/m0/s1. The maximum atomic E-state index is 13.0. The van der Waals surface area contributed by atoms with E-state index in [1.54, 1.807) is 37.3 Å². The number of aliphatic hydroxyl groups is 1. The third kappa shape index (κ3) is 6.44. The average Bonchev–Trinajstić information content (AvgIpc) is 3.27. The lowest BCUT2D eigenvalue weighted by molar-refractivity contribution is -0.235. The monoisotopic (exact) mass is 567 g/mol. The summed E-state index contributed by atoms with van der Waals surface area (Å²) in [5, 5.41) is 12.7. The van der Waals surface area contributed by atoms with E-state index in [0.717, 1.165) is 11.3 Å². The highest BCUT2D eigenvalue weighted by Crippen LogP contribution is 2.33. The second-order valence-corrected chi connectivity index (χ2v) is 11.9. The van der Waals surface area contributed by atoms with Crippen LogP contribution >= 0.6 is 0 Å². The van der Waals surface area contributed by atoms with Crippen LogP contribution < -0.4 is 5.32 Å². The normalized spacial score (nSPS) is 19.2. The lowest BCUT2D eigenvalue weighted by Crippen LogP contribution is -2.38. The first-order valence-electron chi connectivity index (χ1n) is 12.9. The molecule has 2 N–H and O–H groups in total. The minimum absolute atomic E-state index is 0.0126. The van der Waals surface area contributed by atoms with E-state index in [9.17, 15) is 31.5 Å². The number of hydrogen-bond donors (Lipinski definition) is 2. The van der Waals surface area contributed by atoms with Gasteiger partial charge < -0.3 is 19.7 Å². The Balaban J connectivity index is 1.48. The number of nitrogens with zero attached hydrogens (tertiary/aromatic N) is 2. The van der Waals surface area contributed by atoms with Gasteiger partial charge in [-0.15, -0.1) is 0 Å². The first-order valence-corrected chi connectivity index (χ1v) is 14.5. The Kier molecular flexibility index (Phi) is 8.67. The number of fused-ring (bicyclic) bond motifs is 1. The number of hydrogen-bond acceptors (Lipinski definition) is 6. The number of ether oxygens (including phenoxy) is 1. The number of aliphatic hydroxyl groups excluding tert-OH is 1. The summed E-state index contributed by atoms with van der Waals surface area (Å²) in [7, 11) is -3.37. The molecule has 1 aromatic heterocycles. The van der Waals surface area contributed by atoms with Crippen LogP contribution in [-0.4, -0.2) is 60.2 Å². The zero-order valence-corrected chi connectivity index (χ0v) is 22.6. The zero-order chi connectivity index (χ0) is 28.4. The Bertz CT molecular complexity index is 1410. The largest absolute Gasteiger partial charge is 0.414 e. The minimum Gasteiger partial charge on any atom is -0.394 e. The summed E-state index contributed by atoms with van der Waals surface area (Å²) < 4.78 is 69.9. The Morgan fingerprint density at radius 3 is 2.46 bits per heavy atom. The third-order valence-electron chi connectivity index (χ3n) is 7.12. The van der Waals surface area contributed by atoms with E-state index in [0.29, 0.717) is 36.0 Å².